The fourth-order valence-corrected chi connectivity index (χ4v) is 0.805. The van der Waals surface area contributed by atoms with Crippen molar-refractivity contribution >= 4 is 0 Å². The van der Waals surface area contributed by atoms with Crippen molar-refractivity contribution in [3.8, 4) is 0 Å². The van der Waals surface area contributed by atoms with E-state index in [1.54, 1.807) is 0 Å². The summed E-state index contributed by atoms with van der Waals surface area (Å²) in [6.45, 7) is 0.437. The zero-order chi connectivity index (χ0) is 7.45. The summed E-state index contributed by atoms with van der Waals surface area (Å²) in [7, 11) is 1.41. The second-order valence-corrected chi connectivity index (χ2v) is 2.15. The molecule has 0 aromatic heterocycles. The van der Waals surface area contributed by atoms with Gasteiger partial charge in [-0.25, -0.2) is 4.39 Å². The van der Waals surface area contributed by atoms with Gasteiger partial charge in [0.25, 0.3) is 0 Å². The summed E-state index contributed by atoms with van der Waals surface area (Å²) in [6, 6.07) is 0. The lowest BCUT2D eigenvalue weighted by molar-refractivity contribution is -0.287. The average molecular weight is 150 g/mol. The van der Waals surface area contributed by atoms with Gasteiger partial charge in [0.15, 0.2) is 0 Å². The molecule has 10 heavy (non-hydrogen) atoms. The molecule has 0 N–H and O–H groups in total. The second-order valence-electron chi connectivity index (χ2n) is 2.15. The molecule has 3 nitrogen and oxygen atoms in total. The molecule has 0 aromatic rings. The molecule has 1 aliphatic rings. The van der Waals surface area contributed by atoms with Crippen LogP contribution >= 0.6 is 0 Å². The minimum atomic E-state index is -1.13. The summed E-state index contributed by atoms with van der Waals surface area (Å²) in [5.74, 6) is -1.13. The first kappa shape index (κ1) is 7.91. The van der Waals surface area contributed by atoms with Crippen molar-refractivity contribution < 1.29 is 18.6 Å². The Balaban J connectivity index is 2.44. The molecule has 1 unspecified atom stereocenters. The highest BCUT2D eigenvalue weighted by Gasteiger charge is 2.34. The molecule has 1 heterocycles. The molecule has 0 bridgehead atoms. The number of alkyl halides is 1. The van der Waals surface area contributed by atoms with E-state index in [-0.39, 0.29) is 6.61 Å². The van der Waals surface area contributed by atoms with Crippen molar-refractivity contribution in [2.75, 3.05) is 33.6 Å². The second kappa shape index (κ2) is 3.27. The smallest absolute Gasteiger partial charge is 0.221 e. The normalized spacial score (nSPS) is 34.2. The van der Waals surface area contributed by atoms with Crippen molar-refractivity contribution in [3.05, 3.63) is 0 Å². The highest BCUT2D eigenvalue weighted by molar-refractivity contribution is 4.70. The number of methoxy groups -OCH3 is 1. The van der Waals surface area contributed by atoms with E-state index in [0.29, 0.717) is 13.2 Å². The summed E-state index contributed by atoms with van der Waals surface area (Å²) >= 11 is 0. The molecule has 0 aromatic carbocycles. The number of rotatable bonds is 2. The Kier molecular flexibility index (Phi) is 2.59. The molecule has 0 saturated carbocycles. The molecule has 1 fully saturated rings. The molecular weight excluding hydrogens is 139 g/mol. The van der Waals surface area contributed by atoms with E-state index >= 15 is 0 Å². The minimum Gasteiger partial charge on any atom is -0.373 e. The summed E-state index contributed by atoms with van der Waals surface area (Å²) < 4.78 is 27.0. The first-order chi connectivity index (χ1) is 4.83. The maximum Gasteiger partial charge on any atom is 0.221 e. The summed E-state index contributed by atoms with van der Waals surface area (Å²) in [4.78, 5) is 0. The lowest BCUT2D eigenvalue weighted by Crippen LogP contribution is -2.46. The van der Waals surface area contributed by atoms with E-state index in [1.807, 2.05) is 0 Å². The first-order valence-corrected chi connectivity index (χ1v) is 3.16. The van der Waals surface area contributed by atoms with Gasteiger partial charge in [-0.15, -0.1) is 0 Å². The highest BCUT2D eigenvalue weighted by atomic mass is 19.1. The lowest BCUT2D eigenvalue weighted by atomic mass is 10.3. The van der Waals surface area contributed by atoms with Gasteiger partial charge in [-0.05, 0) is 0 Å². The first-order valence-electron chi connectivity index (χ1n) is 3.16. The van der Waals surface area contributed by atoms with Crippen molar-refractivity contribution in [1.29, 1.82) is 0 Å². The standard InChI is InChI=1S/C6H11FO3/c1-8-6(4-7)5-9-2-3-10-6/h2-5H2,1H3. The van der Waals surface area contributed by atoms with Crippen LogP contribution in [-0.4, -0.2) is 39.4 Å². The largest absolute Gasteiger partial charge is 0.373 e. The molecule has 0 amide bonds. The molecule has 4 heteroatoms. The van der Waals surface area contributed by atoms with Gasteiger partial charge < -0.3 is 14.2 Å². The molecule has 1 aliphatic heterocycles. The molecule has 1 atom stereocenters. The minimum absolute atomic E-state index is 0.181. The Labute approximate surface area is 59.1 Å². The molecule has 0 spiro atoms. The zero-order valence-electron chi connectivity index (χ0n) is 5.93. The van der Waals surface area contributed by atoms with E-state index in [0.717, 1.165) is 0 Å². The fraction of sp³-hybridized carbons (Fsp3) is 1.00. The van der Waals surface area contributed by atoms with Crippen LogP contribution in [-0.2, 0) is 14.2 Å². The Morgan fingerprint density at radius 1 is 1.60 bits per heavy atom. The van der Waals surface area contributed by atoms with Gasteiger partial charge in [-0.2, -0.15) is 0 Å². The van der Waals surface area contributed by atoms with Crippen LogP contribution in [0.2, 0.25) is 0 Å². The van der Waals surface area contributed by atoms with Crippen LogP contribution in [0.25, 0.3) is 0 Å². The van der Waals surface area contributed by atoms with E-state index in [2.05, 4.69) is 0 Å². The number of halogens is 1. The highest BCUT2D eigenvalue weighted by Crippen LogP contribution is 2.16. The van der Waals surface area contributed by atoms with Gasteiger partial charge in [0, 0.05) is 7.11 Å². The third kappa shape index (κ3) is 1.45. The summed E-state index contributed by atoms with van der Waals surface area (Å²) in [5, 5.41) is 0. The fourth-order valence-electron chi connectivity index (χ4n) is 0.805. The Morgan fingerprint density at radius 3 is 2.70 bits per heavy atom. The van der Waals surface area contributed by atoms with Crippen LogP contribution in [0.4, 0.5) is 4.39 Å². The lowest BCUT2D eigenvalue weighted by Gasteiger charge is -2.32. The molecule has 0 radical (unpaired) electrons. The van der Waals surface area contributed by atoms with Crippen LogP contribution in [0.5, 0.6) is 0 Å². The van der Waals surface area contributed by atoms with Crippen LogP contribution in [0.1, 0.15) is 0 Å². The maximum absolute atomic E-state index is 12.2. The topological polar surface area (TPSA) is 27.7 Å². The van der Waals surface area contributed by atoms with Crippen molar-refractivity contribution in [3.63, 3.8) is 0 Å². The number of hydrogen-bond donors (Lipinski definition) is 0. The quantitative estimate of drug-likeness (QED) is 0.568. The van der Waals surface area contributed by atoms with Crippen molar-refractivity contribution in [1.82, 2.24) is 0 Å². The molecule has 0 aliphatic carbocycles. The van der Waals surface area contributed by atoms with Gasteiger partial charge in [0.05, 0.1) is 13.2 Å². The zero-order valence-corrected chi connectivity index (χ0v) is 5.93. The van der Waals surface area contributed by atoms with Gasteiger partial charge >= 0.3 is 0 Å². The predicted molar refractivity (Wildman–Crippen MR) is 32.5 cm³/mol. The van der Waals surface area contributed by atoms with Gasteiger partial charge in [-0.1, -0.05) is 0 Å². The van der Waals surface area contributed by atoms with Crippen LogP contribution in [0, 0.1) is 0 Å². The Bertz CT molecular complexity index is 95.2. The average Bonchev–Trinajstić information content (AvgIpc) is 2.06. The van der Waals surface area contributed by atoms with E-state index < -0.39 is 12.5 Å². The van der Waals surface area contributed by atoms with Crippen LogP contribution in [0.15, 0.2) is 0 Å². The van der Waals surface area contributed by atoms with Crippen LogP contribution in [0.3, 0.4) is 0 Å². The van der Waals surface area contributed by atoms with E-state index in [1.165, 1.54) is 7.11 Å². The van der Waals surface area contributed by atoms with Crippen molar-refractivity contribution in [2.24, 2.45) is 0 Å². The number of hydrogen-bond acceptors (Lipinski definition) is 3. The van der Waals surface area contributed by atoms with Crippen LogP contribution < -0.4 is 0 Å². The van der Waals surface area contributed by atoms with Crippen molar-refractivity contribution in [2.45, 2.75) is 5.79 Å². The number of ether oxygens (including phenoxy) is 3. The third-order valence-corrected chi connectivity index (χ3v) is 1.49. The van der Waals surface area contributed by atoms with E-state index in [4.69, 9.17) is 14.2 Å². The Morgan fingerprint density at radius 2 is 2.40 bits per heavy atom. The van der Waals surface area contributed by atoms with Gasteiger partial charge in [0.1, 0.15) is 13.3 Å². The molecule has 1 rings (SSSR count). The van der Waals surface area contributed by atoms with Gasteiger partial charge in [-0.3, -0.25) is 0 Å². The maximum atomic E-state index is 12.2. The van der Waals surface area contributed by atoms with E-state index in [9.17, 15) is 4.39 Å². The SMILES string of the molecule is COC1(CF)COCCO1. The Hall–Kier alpha value is -0.190. The monoisotopic (exact) mass is 150 g/mol. The predicted octanol–water partition coefficient (Wildman–Crippen LogP) is 0.345. The summed E-state index contributed by atoms with van der Waals surface area (Å²) in [6.07, 6.45) is 0. The summed E-state index contributed by atoms with van der Waals surface area (Å²) in [5.41, 5.74) is 0. The third-order valence-electron chi connectivity index (χ3n) is 1.49. The molecule has 60 valence electrons. The molecular formula is C6H11FO3. The van der Waals surface area contributed by atoms with Gasteiger partial charge in [0.2, 0.25) is 5.79 Å². The molecule has 1 saturated heterocycles.